The van der Waals surface area contributed by atoms with Gasteiger partial charge in [-0.3, -0.25) is 19.3 Å². The molecule has 0 radical (unpaired) electrons. The van der Waals surface area contributed by atoms with Crippen molar-refractivity contribution in [2.75, 3.05) is 13.1 Å². The van der Waals surface area contributed by atoms with Crippen molar-refractivity contribution in [3.8, 4) is 11.1 Å². The summed E-state index contributed by atoms with van der Waals surface area (Å²) >= 11 is 0. The number of likely N-dealkylation sites (tertiary alicyclic amines) is 1. The number of carbonyl (C=O) groups excluding carboxylic acids is 2. The van der Waals surface area contributed by atoms with E-state index >= 15 is 0 Å². The monoisotopic (exact) mass is 672 g/mol. The molecular formula is C39H48N2O8. The molecule has 0 bridgehead atoms. The molecule has 3 N–H and O–H groups in total. The van der Waals surface area contributed by atoms with Crippen LogP contribution in [-0.4, -0.2) is 63.8 Å². The molecular weight excluding hydrogens is 624 g/mol. The van der Waals surface area contributed by atoms with Crippen LogP contribution in [0, 0.1) is 0 Å². The van der Waals surface area contributed by atoms with E-state index in [0.29, 0.717) is 25.9 Å². The van der Waals surface area contributed by atoms with Gasteiger partial charge in [0.05, 0.1) is 18.8 Å². The summed E-state index contributed by atoms with van der Waals surface area (Å²) in [6.45, 7) is 7.33. The average molecular weight is 673 g/mol. The van der Waals surface area contributed by atoms with Gasteiger partial charge in [-0.1, -0.05) is 72.8 Å². The van der Waals surface area contributed by atoms with Crippen molar-refractivity contribution < 1.29 is 38.8 Å². The Morgan fingerprint density at radius 1 is 0.939 bits per heavy atom. The molecule has 0 aliphatic carbocycles. The van der Waals surface area contributed by atoms with Crippen LogP contribution in [0.5, 0.6) is 0 Å². The highest BCUT2D eigenvalue weighted by Gasteiger charge is 2.39. The maximum absolute atomic E-state index is 13.1. The minimum Gasteiger partial charge on any atom is -0.481 e. The summed E-state index contributed by atoms with van der Waals surface area (Å²) in [5, 5.41) is 21.3. The first-order valence-corrected chi connectivity index (χ1v) is 17.1. The molecule has 2 aliphatic heterocycles. The second-order valence-corrected chi connectivity index (χ2v) is 13.8. The van der Waals surface area contributed by atoms with Crippen molar-refractivity contribution >= 4 is 17.8 Å². The Bertz CT molecular complexity index is 1570. The van der Waals surface area contributed by atoms with Crippen LogP contribution in [-0.2, 0) is 41.7 Å². The number of esters is 1. The predicted molar refractivity (Wildman–Crippen MR) is 184 cm³/mol. The number of benzene rings is 3. The van der Waals surface area contributed by atoms with Crippen LogP contribution in [0.4, 0.5) is 0 Å². The van der Waals surface area contributed by atoms with Crippen molar-refractivity contribution in [2.24, 2.45) is 0 Å². The summed E-state index contributed by atoms with van der Waals surface area (Å²) in [6, 6.07) is 23.4. The lowest BCUT2D eigenvalue weighted by Gasteiger charge is -2.38. The number of ether oxygens (including phenoxy) is 3. The number of aliphatic carboxylic acids is 1. The van der Waals surface area contributed by atoms with E-state index in [-0.39, 0.29) is 49.6 Å². The number of amides is 1. The number of aliphatic hydroxyl groups is 1. The van der Waals surface area contributed by atoms with Crippen LogP contribution in [0.3, 0.4) is 0 Å². The van der Waals surface area contributed by atoms with E-state index in [4.69, 9.17) is 19.3 Å². The minimum atomic E-state index is -0.910. The molecule has 262 valence electrons. The molecule has 2 aliphatic rings. The number of hydrogen-bond donors (Lipinski definition) is 3. The number of rotatable bonds is 13. The van der Waals surface area contributed by atoms with E-state index in [1.54, 1.807) is 0 Å². The van der Waals surface area contributed by atoms with E-state index < -0.39 is 17.9 Å². The Morgan fingerprint density at radius 3 is 2.35 bits per heavy atom. The summed E-state index contributed by atoms with van der Waals surface area (Å²) in [6.07, 6.45) is 1.61. The van der Waals surface area contributed by atoms with Crippen molar-refractivity contribution in [1.82, 2.24) is 10.2 Å². The summed E-state index contributed by atoms with van der Waals surface area (Å²) in [5.74, 6) is -1.29. The summed E-state index contributed by atoms with van der Waals surface area (Å²) in [7, 11) is 0. The highest BCUT2D eigenvalue weighted by Crippen LogP contribution is 2.39. The number of aliphatic hydroxyl groups excluding tert-OH is 1. The maximum atomic E-state index is 13.1. The smallest absolute Gasteiger partial charge is 0.323 e. The van der Waals surface area contributed by atoms with Gasteiger partial charge >= 0.3 is 11.9 Å². The highest BCUT2D eigenvalue weighted by atomic mass is 16.7. The molecule has 1 amide bonds. The first-order valence-electron chi connectivity index (χ1n) is 17.1. The zero-order valence-corrected chi connectivity index (χ0v) is 28.6. The molecule has 5 rings (SSSR count). The summed E-state index contributed by atoms with van der Waals surface area (Å²) < 4.78 is 18.9. The fourth-order valence-corrected chi connectivity index (χ4v) is 6.43. The number of hydrogen-bond acceptors (Lipinski definition) is 8. The van der Waals surface area contributed by atoms with Gasteiger partial charge in [-0.05, 0) is 74.4 Å². The quantitative estimate of drug-likeness (QED) is 0.185. The van der Waals surface area contributed by atoms with Gasteiger partial charge in [0.15, 0.2) is 6.29 Å². The van der Waals surface area contributed by atoms with Crippen LogP contribution < -0.4 is 5.32 Å². The number of carbonyl (C=O) groups is 3. The van der Waals surface area contributed by atoms with Gasteiger partial charge in [0, 0.05) is 37.9 Å². The van der Waals surface area contributed by atoms with E-state index in [9.17, 15) is 19.5 Å². The topological polar surface area (TPSA) is 135 Å². The average Bonchev–Trinajstić information content (AvgIpc) is 3.55. The van der Waals surface area contributed by atoms with Crippen molar-refractivity contribution in [3.05, 3.63) is 95.1 Å². The standard InChI is InChI=1S/C39H48N2O8/c1-39(2,3)49-37(46)33-10-7-21-41(33)24-31-22-34(28-15-13-26(25-42)14-16-28)48-38(47-31)29-19-17-27(18-20-29)32-9-5-4-8-30(32)23-40-35(43)11-6-12-36(44)45/h4-5,8-9,13-20,31,33-34,38,42H,6-7,10-12,21-25H2,1-3H3,(H,40,43)(H,44,45)/t31-,33-,34+,38+/m0/s1. The lowest BCUT2D eigenvalue weighted by atomic mass is 9.97. The Labute approximate surface area is 288 Å². The number of carboxylic acid groups (broad SMARTS) is 1. The molecule has 10 nitrogen and oxygen atoms in total. The third-order valence-corrected chi connectivity index (χ3v) is 8.88. The van der Waals surface area contributed by atoms with E-state index in [2.05, 4.69) is 10.2 Å². The highest BCUT2D eigenvalue weighted by molar-refractivity contribution is 5.77. The zero-order valence-electron chi connectivity index (χ0n) is 28.6. The summed E-state index contributed by atoms with van der Waals surface area (Å²) in [5.41, 5.74) is 5.03. The molecule has 2 heterocycles. The van der Waals surface area contributed by atoms with Crippen LogP contribution >= 0.6 is 0 Å². The molecule has 0 unspecified atom stereocenters. The molecule has 2 fully saturated rings. The Morgan fingerprint density at radius 2 is 1.65 bits per heavy atom. The second kappa shape index (κ2) is 16.5. The number of carboxylic acids is 1. The predicted octanol–water partition coefficient (Wildman–Crippen LogP) is 6.07. The molecule has 3 aromatic rings. The van der Waals surface area contributed by atoms with Crippen molar-refractivity contribution in [2.45, 2.75) is 103 Å². The van der Waals surface area contributed by atoms with Crippen LogP contribution in [0.1, 0.15) is 93.9 Å². The molecule has 0 aromatic heterocycles. The fraction of sp³-hybridized carbons (Fsp3) is 0.462. The van der Waals surface area contributed by atoms with Crippen molar-refractivity contribution in [1.29, 1.82) is 0 Å². The fourth-order valence-electron chi connectivity index (χ4n) is 6.43. The summed E-state index contributed by atoms with van der Waals surface area (Å²) in [4.78, 5) is 38.3. The van der Waals surface area contributed by atoms with Gasteiger partial charge in [-0.2, -0.15) is 0 Å². The van der Waals surface area contributed by atoms with Crippen LogP contribution in [0.15, 0.2) is 72.8 Å². The normalized spacial score (nSPS) is 21.3. The lowest BCUT2D eigenvalue weighted by Crippen LogP contribution is -2.45. The van der Waals surface area contributed by atoms with Gasteiger partial charge in [0.25, 0.3) is 0 Å². The van der Waals surface area contributed by atoms with E-state index in [0.717, 1.165) is 52.8 Å². The molecule has 10 heteroatoms. The molecule has 0 saturated carbocycles. The largest absolute Gasteiger partial charge is 0.481 e. The van der Waals surface area contributed by atoms with Gasteiger partial charge in [0.2, 0.25) is 5.91 Å². The maximum Gasteiger partial charge on any atom is 0.323 e. The third-order valence-electron chi connectivity index (χ3n) is 8.88. The molecule has 0 spiro atoms. The lowest BCUT2D eigenvalue weighted by molar-refractivity contribution is -0.253. The minimum absolute atomic E-state index is 0.0319. The Hall–Kier alpha value is -4.09. The zero-order chi connectivity index (χ0) is 35.0. The molecule has 4 atom stereocenters. The third kappa shape index (κ3) is 10.2. The Kier molecular flexibility index (Phi) is 12.2. The molecule has 3 aromatic carbocycles. The van der Waals surface area contributed by atoms with Gasteiger partial charge in [0.1, 0.15) is 11.6 Å². The van der Waals surface area contributed by atoms with Gasteiger partial charge in [-0.25, -0.2) is 0 Å². The Balaban J connectivity index is 1.31. The van der Waals surface area contributed by atoms with Crippen LogP contribution in [0.25, 0.3) is 11.1 Å². The van der Waals surface area contributed by atoms with Gasteiger partial charge < -0.3 is 29.7 Å². The number of nitrogens with one attached hydrogen (secondary N) is 1. The number of nitrogens with zero attached hydrogens (tertiary/aromatic N) is 1. The van der Waals surface area contributed by atoms with E-state index in [1.165, 1.54) is 0 Å². The first kappa shape index (κ1) is 36.2. The second-order valence-electron chi connectivity index (χ2n) is 13.8. The molecule has 2 saturated heterocycles. The van der Waals surface area contributed by atoms with Crippen molar-refractivity contribution in [3.63, 3.8) is 0 Å². The van der Waals surface area contributed by atoms with Gasteiger partial charge in [-0.15, -0.1) is 0 Å². The van der Waals surface area contributed by atoms with Crippen LogP contribution in [0.2, 0.25) is 0 Å². The molecule has 49 heavy (non-hydrogen) atoms. The first-order chi connectivity index (χ1) is 23.5. The van der Waals surface area contributed by atoms with E-state index in [1.807, 2.05) is 93.6 Å². The SMILES string of the molecule is CC(C)(C)OC(=O)[C@@H]1CCCN1C[C@@H]1C[C@H](c2ccc(CO)cc2)O[C@H](c2ccc(-c3ccccc3CNC(=O)CCCC(=O)O)cc2)O1.